The van der Waals surface area contributed by atoms with Gasteiger partial charge in [0, 0.05) is 31.0 Å². The normalized spacial score (nSPS) is 20.4. The molecular weight excluding hydrogens is 232 g/mol. The minimum absolute atomic E-state index is 0.0578. The number of hydrogen-bond acceptors (Lipinski definition) is 5. The smallest absolute Gasteiger partial charge is 0.171 e. The van der Waals surface area contributed by atoms with Gasteiger partial charge in [-0.3, -0.25) is 0 Å². The number of rotatable bonds is 4. The highest BCUT2D eigenvalue weighted by Crippen LogP contribution is 2.25. The summed E-state index contributed by atoms with van der Waals surface area (Å²) in [4.78, 5) is 6.54. The first-order valence-corrected chi connectivity index (χ1v) is 6.07. The Morgan fingerprint density at radius 3 is 3.00 bits per heavy atom. The number of nitrogens with two attached hydrogens (primary N) is 1. The molecule has 18 heavy (non-hydrogen) atoms. The lowest BCUT2D eigenvalue weighted by Gasteiger charge is -2.25. The van der Waals surface area contributed by atoms with Crippen molar-refractivity contribution in [3.8, 4) is 0 Å². The molecule has 0 aliphatic carbocycles. The summed E-state index contributed by atoms with van der Waals surface area (Å²) in [7, 11) is 0. The third-order valence-electron chi connectivity index (χ3n) is 3.29. The van der Waals surface area contributed by atoms with E-state index >= 15 is 0 Å². The molecule has 1 aromatic rings. The third kappa shape index (κ3) is 2.53. The molecule has 6 heteroatoms. The molecular formula is C12H18N4O2. The maximum Gasteiger partial charge on any atom is 0.171 e. The summed E-state index contributed by atoms with van der Waals surface area (Å²) in [5, 5.41) is 20.5. The van der Waals surface area contributed by atoms with E-state index in [2.05, 4.69) is 15.0 Å². The Morgan fingerprint density at radius 1 is 1.56 bits per heavy atom. The average molecular weight is 250 g/mol. The van der Waals surface area contributed by atoms with E-state index in [4.69, 9.17) is 16.0 Å². The Bertz CT molecular complexity index is 419. The molecule has 0 radical (unpaired) electrons. The second-order valence-corrected chi connectivity index (χ2v) is 4.39. The second-order valence-electron chi connectivity index (χ2n) is 4.39. The van der Waals surface area contributed by atoms with Crippen molar-refractivity contribution < 1.29 is 10.3 Å². The maximum absolute atomic E-state index is 9.03. The lowest BCUT2D eigenvalue weighted by atomic mass is 10.1. The Labute approximate surface area is 106 Å². The fourth-order valence-electron chi connectivity index (χ4n) is 2.35. The summed E-state index contributed by atoms with van der Waals surface area (Å²) in [6, 6.07) is 4.01. The topological polar surface area (TPSA) is 95.0 Å². The molecule has 1 saturated heterocycles. The first-order valence-electron chi connectivity index (χ1n) is 6.07. The van der Waals surface area contributed by atoms with Gasteiger partial charge in [-0.2, -0.15) is 0 Å². The van der Waals surface area contributed by atoms with Crippen molar-refractivity contribution in [3.63, 3.8) is 0 Å². The first kappa shape index (κ1) is 12.6. The molecule has 0 spiro atoms. The van der Waals surface area contributed by atoms with Crippen LogP contribution in [0.4, 0.5) is 5.82 Å². The number of pyridine rings is 1. The number of aliphatic hydroxyl groups excluding tert-OH is 1. The molecule has 2 heterocycles. The molecule has 1 aromatic heterocycles. The summed E-state index contributed by atoms with van der Waals surface area (Å²) in [6.45, 7) is 1.16. The van der Waals surface area contributed by atoms with Gasteiger partial charge >= 0.3 is 0 Å². The Kier molecular flexibility index (Phi) is 3.99. The summed E-state index contributed by atoms with van der Waals surface area (Å²) in [6.07, 6.45) is 4.57. The van der Waals surface area contributed by atoms with Gasteiger partial charge in [-0.1, -0.05) is 5.16 Å². The highest BCUT2D eigenvalue weighted by atomic mass is 16.4. The van der Waals surface area contributed by atoms with Crippen molar-refractivity contribution in [2.24, 2.45) is 10.9 Å². The number of anilines is 1. The van der Waals surface area contributed by atoms with Crippen LogP contribution in [0.2, 0.25) is 0 Å². The van der Waals surface area contributed by atoms with Crippen molar-refractivity contribution in [1.29, 1.82) is 0 Å². The quantitative estimate of drug-likeness (QED) is 0.313. The van der Waals surface area contributed by atoms with Crippen LogP contribution in [0, 0.1) is 0 Å². The van der Waals surface area contributed by atoms with Gasteiger partial charge < -0.3 is 20.9 Å². The van der Waals surface area contributed by atoms with Gasteiger partial charge in [-0.15, -0.1) is 0 Å². The Morgan fingerprint density at radius 2 is 2.39 bits per heavy atom. The number of nitrogens with zero attached hydrogens (tertiary/aromatic N) is 3. The summed E-state index contributed by atoms with van der Waals surface area (Å²) < 4.78 is 0. The van der Waals surface area contributed by atoms with Gasteiger partial charge in [0.2, 0.25) is 0 Å². The molecule has 1 aliphatic heterocycles. The minimum Gasteiger partial charge on any atom is -0.409 e. The van der Waals surface area contributed by atoms with Crippen LogP contribution in [0.15, 0.2) is 23.5 Å². The molecule has 1 unspecified atom stereocenters. The molecule has 0 amide bonds. The van der Waals surface area contributed by atoms with E-state index in [-0.39, 0.29) is 12.4 Å². The van der Waals surface area contributed by atoms with Crippen LogP contribution in [-0.4, -0.2) is 40.3 Å². The highest BCUT2D eigenvalue weighted by Gasteiger charge is 2.24. The van der Waals surface area contributed by atoms with Crippen LogP contribution in [0.5, 0.6) is 0 Å². The lowest BCUT2D eigenvalue weighted by molar-refractivity contribution is 0.275. The molecule has 4 N–H and O–H groups in total. The van der Waals surface area contributed by atoms with E-state index in [9.17, 15) is 0 Å². The zero-order valence-electron chi connectivity index (χ0n) is 10.2. The van der Waals surface area contributed by atoms with Crippen molar-refractivity contribution >= 4 is 11.7 Å². The van der Waals surface area contributed by atoms with Gasteiger partial charge in [0.25, 0.3) is 0 Å². The van der Waals surface area contributed by atoms with Crippen molar-refractivity contribution in [2.75, 3.05) is 18.1 Å². The summed E-state index contributed by atoms with van der Waals surface area (Å²) in [5.41, 5.74) is 6.08. The van der Waals surface area contributed by atoms with Crippen LogP contribution in [0.1, 0.15) is 24.8 Å². The van der Waals surface area contributed by atoms with Gasteiger partial charge in [0.15, 0.2) is 5.84 Å². The molecule has 1 fully saturated rings. The predicted molar refractivity (Wildman–Crippen MR) is 68.8 cm³/mol. The van der Waals surface area contributed by atoms with Crippen molar-refractivity contribution in [2.45, 2.75) is 25.3 Å². The standard InChI is InChI=1S/C12H18N4O2/c13-12(15-18)9-3-4-11(14-8-9)16-6-1-2-10(16)5-7-17/h3-4,8,10,17-18H,1-2,5-7H2,(H2,13,15). The van der Waals surface area contributed by atoms with Crippen molar-refractivity contribution in [1.82, 2.24) is 4.98 Å². The molecule has 98 valence electrons. The second kappa shape index (κ2) is 5.68. The van der Waals surface area contributed by atoms with Crippen LogP contribution < -0.4 is 10.6 Å². The zero-order chi connectivity index (χ0) is 13.0. The number of oxime groups is 1. The molecule has 0 saturated carbocycles. The van der Waals surface area contributed by atoms with Crippen LogP contribution in [0.3, 0.4) is 0 Å². The van der Waals surface area contributed by atoms with Crippen LogP contribution in [0.25, 0.3) is 0 Å². The Hall–Kier alpha value is -1.82. The van der Waals surface area contributed by atoms with Gasteiger partial charge in [-0.25, -0.2) is 4.98 Å². The van der Waals surface area contributed by atoms with E-state index in [1.165, 1.54) is 0 Å². The SMILES string of the molecule is N/C(=N/O)c1ccc(N2CCCC2CCO)nc1. The molecule has 0 aromatic carbocycles. The van der Waals surface area contributed by atoms with E-state index < -0.39 is 0 Å². The molecule has 0 bridgehead atoms. The highest BCUT2D eigenvalue weighted by molar-refractivity contribution is 5.96. The first-order chi connectivity index (χ1) is 8.76. The lowest BCUT2D eigenvalue weighted by Crippen LogP contribution is -2.30. The molecule has 1 atom stereocenters. The largest absolute Gasteiger partial charge is 0.409 e. The number of amidine groups is 1. The van der Waals surface area contributed by atoms with Crippen molar-refractivity contribution in [3.05, 3.63) is 23.9 Å². The van der Waals surface area contributed by atoms with E-state index in [1.54, 1.807) is 12.3 Å². The number of aliphatic hydroxyl groups is 1. The number of hydrogen-bond donors (Lipinski definition) is 3. The molecule has 6 nitrogen and oxygen atoms in total. The summed E-state index contributed by atoms with van der Waals surface area (Å²) >= 11 is 0. The third-order valence-corrected chi connectivity index (χ3v) is 3.29. The molecule has 2 rings (SSSR count). The van der Waals surface area contributed by atoms with Crippen LogP contribution >= 0.6 is 0 Å². The summed E-state index contributed by atoms with van der Waals surface area (Å²) in [5.74, 6) is 0.933. The fraction of sp³-hybridized carbons (Fsp3) is 0.500. The van der Waals surface area contributed by atoms with Crippen LogP contribution in [-0.2, 0) is 0 Å². The van der Waals surface area contributed by atoms with E-state index in [0.29, 0.717) is 11.6 Å². The molecule has 1 aliphatic rings. The number of aromatic nitrogens is 1. The predicted octanol–water partition coefficient (Wildman–Crippen LogP) is 0.527. The zero-order valence-corrected chi connectivity index (χ0v) is 10.2. The van der Waals surface area contributed by atoms with Gasteiger partial charge in [-0.05, 0) is 31.4 Å². The van der Waals surface area contributed by atoms with E-state index in [0.717, 1.165) is 31.6 Å². The monoisotopic (exact) mass is 250 g/mol. The van der Waals surface area contributed by atoms with Gasteiger partial charge in [0.1, 0.15) is 5.82 Å². The maximum atomic E-state index is 9.03. The van der Waals surface area contributed by atoms with E-state index in [1.807, 2.05) is 6.07 Å². The van der Waals surface area contributed by atoms with Gasteiger partial charge in [0.05, 0.1) is 0 Å². The Balaban J connectivity index is 2.14. The average Bonchev–Trinajstić information content (AvgIpc) is 2.87. The fourth-order valence-corrected chi connectivity index (χ4v) is 2.35. The minimum atomic E-state index is 0.0578.